The van der Waals surface area contributed by atoms with Gasteiger partial charge in [-0.3, -0.25) is 0 Å². The van der Waals surface area contributed by atoms with E-state index in [1.54, 1.807) is 7.11 Å². The van der Waals surface area contributed by atoms with Gasteiger partial charge >= 0.3 is 0 Å². The lowest BCUT2D eigenvalue weighted by atomic mass is 9.95. The van der Waals surface area contributed by atoms with Gasteiger partial charge in [0.1, 0.15) is 0 Å². The fourth-order valence-electron chi connectivity index (χ4n) is 2.49. The summed E-state index contributed by atoms with van der Waals surface area (Å²) in [7, 11) is 1.79. The van der Waals surface area contributed by atoms with Crippen LogP contribution >= 0.6 is 11.6 Å². The van der Waals surface area contributed by atoms with Crippen molar-refractivity contribution in [2.24, 2.45) is 0 Å². The van der Waals surface area contributed by atoms with Gasteiger partial charge in [-0.2, -0.15) is 0 Å². The minimum absolute atomic E-state index is 0.347. The summed E-state index contributed by atoms with van der Waals surface area (Å²) >= 11 is 5.93. The first-order chi connectivity index (χ1) is 9.28. The zero-order valence-corrected chi connectivity index (χ0v) is 12.2. The molecule has 1 aliphatic carbocycles. The van der Waals surface area contributed by atoms with Gasteiger partial charge in [0, 0.05) is 24.4 Å². The SMILES string of the molecule is COC1CCCC(OCCNc2cccc(Cl)c2)C1. The Labute approximate surface area is 120 Å². The first-order valence-electron chi connectivity index (χ1n) is 6.92. The highest BCUT2D eigenvalue weighted by molar-refractivity contribution is 6.30. The summed E-state index contributed by atoms with van der Waals surface area (Å²) in [5.41, 5.74) is 1.04. The Morgan fingerprint density at radius 3 is 2.95 bits per heavy atom. The molecular weight excluding hydrogens is 262 g/mol. The van der Waals surface area contributed by atoms with Gasteiger partial charge in [-0.05, 0) is 43.9 Å². The predicted molar refractivity (Wildman–Crippen MR) is 78.9 cm³/mol. The highest BCUT2D eigenvalue weighted by Gasteiger charge is 2.21. The molecule has 19 heavy (non-hydrogen) atoms. The van der Waals surface area contributed by atoms with Crippen molar-refractivity contribution in [3.63, 3.8) is 0 Å². The highest BCUT2D eigenvalue weighted by Crippen LogP contribution is 2.23. The van der Waals surface area contributed by atoms with E-state index < -0.39 is 0 Å². The molecule has 1 saturated carbocycles. The number of hydrogen-bond donors (Lipinski definition) is 1. The first kappa shape index (κ1) is 14.6. The number of rotatable bonds is 6. The van der Waals surface area contributed by atoms with Crippen LogP contribution in [0.4, 0.5) is 5.69 Å². The molecule has 4 heteroatoms. The van der Waals surface area contributed by atoms with Gasteiger partial charge in [0.2, 0.25) is 0 Å². The van der Waals surface area contributed by atoms with Crippen LogP contribution in [-0.4, -0.2) is 32.5 Å². The molecule has 0 heterocycles. The summed E-state index contributed by atoms with van der Waals surface area (Å²) in [6.45, 7) is 1.52. The maximum absolute atomic E-state index is 5.93. The molecule has 1 aromatic carbocycles. The second-order valence-electron chi connectivity index (χ2n) is 4.95. The molecule has 1 aliphatic rings. The minimum atomic E-state index is 0.347. The Kier molecular flexibility index (Phi) is 5.95. The molecule has 0 saturated heterocycles. The van der Waals surface area contributed by atoms with Crippen LogP contribution in [0.3, 0.4) is 0 Å². The highest BCUT2D eigenvalue weighted by atomic mass is 35.5. The first-order valence-corrected chi connectivity index (χ1v) is 7.29. The number of nitrogens with one attached hydrogen (secondary N) is 1. The fraction of sp³-hybridized carbons (Fsp3) is 0.600. The van der Waals surface area contributed by atoms with Crippen molar-refractivity contribution in [3.8, 4) is 0 Å². The Morgan fingerprint density at radius 2 is 2.16 bits per heavy atom. The maximum Gasteiger partial charge on any atom is 0.0642 e. The average molecular weight is 284 g/mol. The van der Waals surface area contributed by atoms with E-state index in [-0.39, 0.29) is 0 Å². The standard InChI is InChI=1S/C15H22ClNO2/c1-18-14-6-3-7-15(11-14)19-9-8-17-13-5-2-4-12(16)10-13/h2,4-5,10,14-15,17H,3,6-9,11H2,1H3. The van der Waals surface area contributed by atoms with E-state index in [0.717, 1.165) is 36.5 Å². The predicted octanol–water partition coefficient (Wildman–Crippen LogP) is 3.73. The fourth-order valence-corrected chi connectivity index (χ4v) is 2.68. The van der Waals surface area contributed by atoms with Crippen LogP contribution in [0.15, 0.2) is 24.3 Å². The number of anilines is 1. The van der Waals surface area contributed by atoms with E-state index in [2.05, 4.69) is 5.32 Å². The molecule has 1 fully saturated rings. The lowest BCUT2D eigenvalue weighted by Gasteiger charge is -2.28. The number of hydrogen-bond acceptors (Lipinski definition) is 3. The Balaban J connectivity index is 1.64. The van der Waals surface area contributed by atoms with Gasteiger partial charge in [-0.25, -0.2) is 0 Å². The van der Waals surface area contributed by atoms with Gasteiger partial charge in [0.05, 0.1) is 18.8 Å². The smallest absolute Gasteiger partial charge is 0.0642 e. The van der Waals surface area contributed by atoms with Crippen molar-refractivity contribution < 1.29 is 9.47 Å². The average Bonchev–Trinajstić information content (AvgIpc) is 2.44. The Morgan fingerprint density at radius 1 is 1.32 bits per heavy atom. The van der Waals surface area contributed by atoms with Gasteiger partial charge in [-0.1, -0.05) is 17.7 Å². The molecule has 2 unspecified atom stereocenters. The molecular formula is C15H22ClNO2. The summed E-state index contributed by atoms with van der Waals surface area (Å²) in [5.74, 6) is 0. The third-order valence-electron chi connectivity index (χ3n) is 3.52. The number of halogens is 1. The van der Waals surface area contributed by atoms with Crippen LogP contribution in [0.5, 0.6) is 0 Å². The van der Waals surface area contributed by atoms with Crippen LogP contribution in [0, 0.1) is 0 Å². The van der Waals surface area contributed by atoms with Crippen LogP contribution in [0.25, 0.3) is 0 Å². The van der Waals surface area contributed by atoms with E-state index in [0.29, 0.717) is 18.8 Å². The van der Waals surface area contributed by atoms with Gasteiger partial charge in [0.15, 0.2) is 0 Å². The van der Waals surface area contributed by atoms with E-state index in [4.69, 9.17) is 21.1 Å². The molecule has 0 aromatic heterocycles. The molecule has 106 valence electrons. The summed E-state index contributed by atoms with van der Waals surface area (Å²) in [6, 6.07) is 7.74. The summed E-state index contributed by atoms with van der Waals surface area (Å²) in [5, 5.41) is 4.06. The van der Waals surface area contributed by atoms with Crippen molar-refractivity contribution in [3.05, 3.63) is 29.3 Å². The van der Waals surface area contributed by atoms with E-state index >= 15 is 0 Å². The van der Waals surface area contributed by atoms with Crippen molar-refractivity contribution >= 4 is 17.3 Å². The molecule has 0 amide bonds. The van der Waals surface area contributed by atoms with Gasteiger partial charge in [0.25, 0.3) is 0 Å². The Bertz CT molecular complexity index is 386. The normalized spacial score (nSPS) is 23.3. The van der Waals surface area contributed by atoms with Crippen LogP contribution in [0.2, 0.25) is 5.02 Å². The van der Waals surface area contributed by atoms with Crippen molar-refractivity contribution in [2.75, 3.05) is 25.6 Å². The third kappa shape index (κ3) is 5.01. The monoisotopic (exact) mass is 283 g/mol. The molecule has 1 N–H and O–H groups in total. The lowest BCUT2D eigenvalue weighted by molar-refractivity contribution is -0.0261. The van der Waals surface area contributed by atoms with E-state index in [9.17, 15) is 0 Å². The third-order valence-corrected chi connectivity index (χ3v) is 3.76. The van der Waals surface area contributed by atoms with Crippen molar-refractivity contribution in [1.82, 2.24) is 0 Å². The van der Waals surface area contributed by atoms with Gasteiger partial charge < -0.3 is 14.8 Å². The van der Waals surface area contributed by atoms with Crippen molar-refractivity contribution in [2.45, 2.75) is 37.9 Å². The maximum atomic E-state index is 5.93. The second-order valence-corrected chi connectivity index (χ2v) is 5.39. The summed E-state index contributed by atoms with van der Waals surface area (Å²) < 4.78 is 11.3. The number of benzene rings is 1. The van der Waals surface area contributed by atoms with Crippen LogP contribution in [0.1, 0.15) is 25.7 Å². The number of methoxy groups -OCH3 is 1. The van der Waals surface area contributed by atoms with Crippen molar-refractivity contribution in [1.29, 1.82) is 0 Å². The van der Waals surface area contributed by atoms with Crippen LogP contribution in [-0.2, 0) is 9.47 Å². The molecule has 2 atom stereocenters. The summed E-state index contributed by atoms with van der Waals surface area (Å²) in [6.07, 6.45) is 5.26. The molecule has 0 spiro atoms. The molecule has 3 nitrogen and oxygen atoms in total. The summed E-state index contributed by atoms with van der Waals surface area (Å²) in [4.78, 5) is 0. The zero-order valence-electron chi connectivity index (χ0n) is 11.4. The quantitative estimate of drug-likeness (QED) is 0.807. The largest absolute Gasteiger partial charge is 0.383 e. The molecule has 1 aromatic rings. The number of ether oxygens (including phenoxy) is 2. The van der Waals surface area contributed by atoms with E-state index in [1.165, 1.54) is 6.42 Å². The zero-order chi connectivity index (χ0) is 13.5. The van der Waals surface area contributed by atoms with Crippen LogP contribution < -0.4 is 5.32 Å². The molecule has 0 radical (unpaired) electrons. The second kappa shape index (κ2) is 7.73. The topological polar surface area (TPSA) is 30.5 Å². The Hall–Kier alpha value is -0.770. The molecule has 2 rings (SSSR count). The van der Waals surface area contributed by atoms with E-state index in [1.807, 2.05) is 24.3 Å². The molecule has 0 aliphatic heterocycles. The lowest BCUT2D eigenvalue weighted by Crippen LogP contribution is -2.28. The minimum Gasteiger partial charge on any atom is -0.383 e. The molecule has 0 bridgehead atoms. The van der Waals surface area contributed by atoms with Gasteiger partial charge in [-0.15, -0.1) is 0 Å².